The third kappa shape index (κ3) is 3.97. The van der Waals surface area contributed by atoms with E-state index in [2.05, 4.69) is 5.32 Å². The van der Waals surface area contributed by atoms with Crippen LogP contribution in [0.25, 0.3) is 0 Å². The van der Waals surface area contributed by atoms with Gasteiger partial charge in [0.25, 0.3) is 0 Å². The highest BCUT2D eigenvalue weighted by atomic mass is 35.5. The van der Waals surface area contributed by atoms with Crippen LogP contribution in [0, 0.1) is 11.8 Å². The molecule has 0 atom stereocenters. The molecule has 0 radical (unpaired) electrons. The Kier molecular flexibility index (Phi) is 5.01. The quantitative estimate of drug-likeness (QED) is 0.897. The van der Waals surface area contributed by atoms with Gasteiger partial charge in [-0.15, -0.1) is 0 Å². The van der Waals surface area contributed by atoms with E-state index in [1.165, 1.54) is 0 Å². The second-order valence-corrected chi connectivity index (χ2v) is 5.67. The SMILES string of the molecule is O=C(O)C1CCC(C(=O)NCc2ccc(Cl)cc2)CC1. The predicted octanol–water partition coefficient (Wildman–Crippen LogP) is 2.85. The summed E-state index contributed by atoms with van der Waals surface area (Å²) in [5, 5.41) is 12.5. The molecule has 1 aliphatic rings. The van der Waals surface area contributed by atoms with Crippen molar-refractivity contribution in [2.75, 3.05) is 0 Å². The Morgan fingerprint density at radius 2 is 1.65 bits per heavy atom. The molecule has 5 heteroatoms. The van der Waals surface area contributed by atoms with Crippen LogP contribution >= 0.6 is 11.6 Å². The molecule has 108 valence electrons. The number of carbonyl (C=O) groups is 2. The van der Waals surface area contributed by atoms with Crippen LogP contribution in [-0.4, -0.2) is 17.0 Å². The maximum atomic E-state index is 12.0. The molecule has 4 nitrogen and oxygen atoms in total. The number of hydrogen-bond acceptors (Lipinski definition) is 2. The topological polar surface area (TPSA) is 66.4 Å². The average Bonchev–Trinajstić information content (AvgIpc) is 2.46. The molecule has 2 N–H and O–H groups in total. The van der Waals surface area contributed by atoms with E-state index in [4.69, 9.17) is 16.7 Å². The van der Waals surface area contributed by atoms with Crippen LogP contribution in [0.1, 0.15) is 31.2 Å². The summed E-state index contributed by atoms with van der Waals surface area (Å²) in [5.74, 6) is -1.07. The zero-order valence-corrected chi connectivity index (χ0v) is 11.9. The lowest BCUT2D eigenvalue weighted by Crippen LogP contribution is -2.34. The van der Waals surface area contributed by atoms with Gasteiger partial charge in [-0.05, 0) is 43.4 Å². The summed E-state index contributed by atoms with van der Waals surface area (Å²) in [4.78, 5) is 22.9. The number of carboxylic acids is 1. The number of carbonyl (C=O) groups excluding carboxylic acids is 1. The van der Waals surface area contributed by atoms with Gasteiger partial charge < -0.3 is 10.4 Å². The smallest absolute Gasteiger partial charge is 0.306 e. The third-order valence-corrected chi connectivity index (χ3v) is 4.08. The second-order valence-electron chi connectivity index (χ2n) is 5.23. The average molecular weight is 296 g/mol. The van der Waals surface area contributed by atoms with Gasteiger partial charge >= 0.3 is 5.97 Å². The monoisotopic (exact) mass is 295 g/mol. The Balaban J connectivity index is 1.78. The minimum Gasteiger partial charge on any atom is -0.481 e. The van der Waals surface area contributed by atoms with E-state index >= 15 is 0 Å². The van der Waals surface area contributed by atoms with Crippen LogP contribution in [-0.2, 0) is 16.1 Å². The number of nitrogens with one attached hydrogen (secondary N) is 1. The molecular weight excluding hydrogens is 278 g/mol. The normalized spacial score (nSPS) is 22.2. The number of amides is 1. The number of rotatable bonds is 4. The van der Waals surface area contributed by atoms with Crippen molar-refractivity contribution in [1.29, 1.82) is 0 Å². The minimum absolute atomic E-state index is 0.0174. The van der Waals surface area contributed by atoms with E-state index in [1.807, 2.05) is 12.1 Å². The van der Waals surface area contributed by atoms with Crippen LogP contribution in [0.5, 0.6) is 0 Å². The molecule has 0 spiro atoms. The zero-order valence-electron chi connectivity index (χ0n) is 11.1. The summed E-state index contributed by atoms with van der Waals surface area (Å²) >= 11 is 5.80. The molecule has 0 bridgehead atoms. The summed E-state index contributed by atoms with van der Waals surface area (Å²) < 4.78 is 0. The predicted molar refractivity (Wildman–Crippen MR) is 76.4 cm³/mol. The first kappa shape index (κ1) is 14.9. The number of carboxylic acid groups (broad SMARTS) is 1. The number of aliphatic carboxylic acids is 1. The van der Waals surface area contributed by atoms with Gasteiger partial charge in [0.2, 0.25) is 5.91 Å². The molecule has 0 saturated heterocycles. The van der Waals surface area contributed by atoms with Gasteiger partial charge in [-0.1, -0.05) is 23.7 Å². The van der Waals surface area contributed by atoms with E-state index in [0.717, 1.165) is 5.56 Å². The molecular formula is C15H18ClNO3. The fourth-order valence-corrected chi connectivity index (χ4v) is 2.66. The Hall–Kier alpha value is -1.55. The molecule has 1 amide bonds. The maximum Gasteiger partial charge on any atom is 0.306 e. The summed E-state index contributed by atoms with van der Waals surface area (Å²) in [6.45, 7) is 0.481. The van der Waals surface area contributed by atoms with Gasteiger partial charge in [0.1, 0.15) is 0 Å². The van der Waals surface area contributed by atoms with Crippen molar-refractivity contribution in [3.8, 4) is 0 Å². The van der Waals surface area contributed by atoms with Gasteiger partial charge in [-0.3, -0.25) is 9.59 Å². The number of benzene rings is 1. The van der Waals surface area contributed by atoms with E-state index < -0.39 is 5.97 Å². The Morgan fingerprint density at radius 1 is 1.10 bits per heavy atom. The summed E-state index contributed by atoms with van der Waals surface area (Å²) in [5.41, 5.74) is 1.00. The summed E-state index contributed by atoms with van der Waals surface area (Å²) in [7, 11) is 0. The van der Waals surface area contributed by atoms with Crippen molar-refractivity contribution in [3.05, 3.63) is 34.9 Å². The van der Waals surface area contributed by atoms with Crippen molar-refractivity contribution < 1.29 is 14.7 Å². The molecule has 1 fully saturated rings. The third-order valence-electron chi connectivity index (χ3n) is 3.83. The zero-order chi connectivity index (χ0) is 14.5. The van der Waals surface area contributed by atoms with Crippen molar-refractivity contribution >= 4 is 23.5 Å². The molecule has 1 saturated carbocycles. The first-order valence-corrected chi connectivity index (χ1v) is 7.19. The fourth-order valence-electron chi connectivity index (χ4n) is 2.54. The molecule has 1 aliphatic carbocycles. The van der Waals surface area contributed by atoms with Crippen molar-refractivity contribution in [1.82, 2.24) is 5.32 Å². The lowest BCUT2D eigenvalue weighted by molar-refractivity contribution is -0.144. The summed E-state index contributed by atoms with van der Waals surface area (Å²) in [6, 6.07) is 7.34. The van der Waals surface area contributed by atoms with Crippen LogP contribution in [0.2, 0.25) is 5.02 Å². The van der Waals surface area contributed by atoms with Gasteiger partial charge in [0, 0.05) is 17.5 Å². The molecule has 20 heavy (non-hydrogen) atoms. The Labute approximate surface area is 123 Å². The molecule has 0 aliphatic heterocycles. The highest BCUT2D eigenvalue weighted by Crippen LogP contribution is 2.29. The molecule has 1 aromatic rings. The lowest BCUT2D eigenvalue weighted by Gasteiger charge is -2.25. The van der Waals surface area contributed by atoms with E-state index in [0.29, 0.717) is 37.3 Å². The van der Waals surface area contributed by atoms with Crippen LogP contribution in [0.3, 0.4) is 0 Å². The van der Waals surface area contributed by atoms with E-state index in [1.54, 1.807) is 12.1 Å². The molecule has 0 unspecified atom stereocenters. The first-order valence-electron chi connectivity index (χ1n) is 6.81. The van der Waals surface area contributed by atoms with Gasteiger partial charge in [-0.25, -0.2) is 0 Å². The van der Waals surface area contributed by atoms with Crippen LogP contribution in [0.4, 0.5) is 0 Å². The van der Waals surface area contributed by atoms with E-state index in [-0.39, 0.29) is 17.7 Å². The van der Waals surface area contributed by atoms with Crippen molar-refractivity contribution in [2.24, 2.45) is 11.8 Å². The highest BCUT2D eigenvalue weighted by Gasteiger charge is 2.29. The van der Waals surface area contributed by atoms with Gasteiger partial charge in [-0.2, -0.15) is 0 Å². The van der Waals surface area contributed by atoms with Crippen molar-refractivity contribution in [3.63, 3.8) is 0 Å². The number of hydrogen-bond donors (Lipinski definition) is 2. The minimum atomic E-state index is -0.745. The number of halogens is 1. The van der Waals surface area contributed by atoms with Crippen LogP contribution < -0.4 is 5.32 Å². The Bertz CT molecular complexity index is 478. The largest absolute Gasteiger partial charge is 0.481 e. The first-order chi connectivity index (χ1) is 9.56. The summed E-state index contributed by atoms with van der Waals surface area (Å²) in [6.07, 6.45) is 2.50. The van der Waals surface area contributed by atoms with E-state index in [9.17, 15) is 9.59 Å². The standard InChI is InChI=1S/C15H18ClNO3/c16-13-7-1-10(2-8-13)9-17-14(18)11-3-5-12(6-4-11)15(19)20/h1-2,7-8,11-12H,3-6,9H2,(H,17,18)(H,19,20). The van der Waals surface area contributed by atoms with Gasteiger partial charge in [0.15, 0.2) is 0 Å². The van der Waals surface area contributed by atoms with Gasteiger partial charge in [0.05, 0.1) is 5.92 Å². The highest BCUT2D eigenvalue weighted by molar-refractivity contribution is 6.30. The van der Waals surface area contributed by atoms with Crippen LogP contribution in [0.15, 0.2) is 24.3 Å². The fraction of sp³-hybridized carbons (Fsp3) is 0.467. The maximum absolute atomic E-state index is 12.0. The molecule has 0 heterocycles. The molecule has 0 aromatic heterocycles. The molecule has 2 rings (SSSR count). The second kappa shape index (κ2) is 6.75. The van der Waals surface area contributed by atoms with Crippen molar-refractivity contribution in [2.45, 2.75) is 32.2 Å². The lowest BCUT2D eigenvalue weighted by atomic mass is 9.81. The molecule has 1 aromatic carbocycles. The Morgan fingerprint density at radius 3 is 2.20 bits per heavy atom.